The number of hydrogen-bond donors (Lipinski definition) is 2. The summed E-state index contributed by atoms with van der Waals surface area (Å²) in [4.78, 5) is 2.01. The Balaban J connectivity index is 2.28. The maximum atomic E-state index is 7.39. The van der Waals surface area contributed by atoms with Crippen molar-refractivity contribution < 1.29 is 0 Å². The monoisotopic (exact) mass is 374 g/mol. The molecule has 98 valence electrons. The molecule has 0 spiro atoms. The minimum Gasteiger partial charge on any atom is -0.384 e. The molecule has 2 aromatic carbocycles. The maximum absolute atomic E-state index is 7.39. The fraction of sp³-hybridized carbons (Fsp3) is 0. The summed E-state index contributed by atoms with van der Waals surface area (Å²) in [6, 6.07) is 11.0. The first-order valence-corrected chi connectivity index (χ1v) is 7.61. The van der Waals surface area contributed by atoms with Crippen molar-refractivity contribution in [2.75, 3.05) is 0 Å². The summed E-state index contributed by atoms with van der Waals surface area (Å²) >= 11 is 16.9. The minimum atomic E-state index is 0.0480. The highest BCUT2D eigenvalue weighted by atomic mass is 79.9. The lowest BCUT2D eigenvalue weighted by atomic mass is 10.2. The lowest BCUT2D eigenvalue weighted by Crippen LogP contribution is -2.10. The second-order valence-corrected chi connectivity index (χ2v) is 6.52. The van der Waals surface area contributed by atoms with Gasteiger partial charge in [-0.25, -0.2) is 0 Å². The van der Waals surface area contributed by atoms with Gasteiger partial charge in [-0.3, -0.25) is 5.41 Å². The standard InChI is InChI=1S/C13H9BrCl2N2S/c14-9-5-7(13(17)18)1-4-12(9)19-8-2-3-10(15)11(16)6-8/h1-6H,(H3,17,18). The number of rotatable bonds is 3. The molecule has 2 rings (SSSR count). The molecule has 0 saturated heterocycles. The van der Waals surface area contributed by atoms with Gasteiger partial charge in [0.15, 0.2) is 0 Å². The molecule has 0 bridgehead atoms. The van der Waals surface area contributed by atoms with Crippen molar-refractivity contribution >= 4 is 56.7 Å². The Hall–Kier alpha value is -0.680. The van der Waals surface area contributed by atoms with E-state index in [2.05, 4.69) is 15.9 Å². The van der Waals surface area contributed by atoms with Gasteiger partial charge in [0.1, 0.15) is 5.84 Å². The van der Waals surface area contributed by atoms with Gasteiger partial charge in [-0.2, -0.15) is 0 Å². The molecular formula is C13H9BrCl2N2S. The smallest absolute Gasteiger partial charge is 0.122 e. The third-order valence-corrected chi connectivity index (χ3v) is 5.08. The van der Waals surface area contributed by atoms with Gasteiger partial charge in [0.05, 0.1) is 10.0 Å². The number of amidine groups is 1. The molecule has 2 nitrogen and oxygen atoms in total. The summed E-state index contributed by atoms with van der Waals surface area (Å²) < 4.78 is 0.885. The van der Waals surface area contributed by atoms with E-state index in [1.54, 1.807) is 17.8 Å². The Kier molecular flexibility index (Phi) is 4.79. The zero-order valence-electron chi connectivity index (χ0n) is 9.58. The number of nitrogen functional groups attached to an aromatic ring is 1. The molecule has 0 atom stereocenters. The van der Waals surface area contributed by atoms with Crippen LogP contribution < -0.4 is 5.73 Å². The van der Waals surface area contributed by atoms with E-state index in [0.29, 0.717) is 15.6 Å². The molecule has 0 saturated carbocycles. The lowest BCUT2D eigenvalue weighted by molar-refractivity contribution is 1.34. The van der Waals surface area contributed by atoms with E-state index < -0.39 is 0 Å². The summed E-state index contributed by atoms with van der Waals surface area (Å²) in [5.74, 6) is 0.0480. The zero-order chi connectivity index (χ0) is 14.0. The molecule has 0 aliphatic rings. The Labute approximate surface area is 133 Å². The van der Waals surface area contributed by atoms with Crippen LogP contribution in [-0.4, -0.2) is 5.84 Å². The van der Waals surface area contributed by atoms with Gasteiger partial charge < -0.3 is 5.73 Å². The fourth-order valence-corrected chi connectivity index (χ4v) is 3.26. The predicted octanol–water partition coefficient (Wildman–Crippen LogP) is 5.19. The average Bonchev–Trinajstić information content (AvgIpc) is 2.36. The van der Waals surface area contributed by atoms with Gasteiger partial charge in [0, 0.05) is 19.8 Å². The highest BCUT2D eigenvalue weighted by molar-refractivity contribution is 9.10. The Morgan fingerprint density at radius 2 is 1.84 bits per heavy atom. The van der Waals surface area contributed by atoms with Gasteiger partial charge in [-0.05, 0) is 46.3 Å². The van der Waals surface area contributed by atoms with Crippen LogP contribution in [0.2, 0.25) is 10.0 Å². The maximum Gasteiger partial charge on any atom is 0.122 e. The van der Waals surface area contributed by atoms with E-state index in [4.69, 9.17) is 34.3 Å². The predicted molar refractivity (Wildman–Crippen MR) is 85.7 cm³/mol. The van der Waals surface area contributed by atoms with Crippen molar-refractivity contribution in [1.29, 1.82) is 5.41 Å². The van der Waals surface area contributed by atoms with Gasteiger partial charge >= 0.3 is 0 Å². The van der Waals surface area contributed by atoms with Crippen molar-refractivity contribution in [3.8, 4) is 0 Å². The van der Waals surface area contributed by atoms with Crippen LogP contribution >= 0.6 is 50.9 Å². The van der Waals surface area contributed by atoms with E-state index in [1.807, 2.05) is 30.3 Å². The van der Waals surface area contributed by atoms with Crippen LogP contribution in [0.1, 0.15) is 5.56 Å². The molecule has 0 aliphatic heterocycles. The number of halogens is 3. The number of nitrogens with two attached hydrogens (primary N) is 1. The second kappa shape index (κ2) is 6.18. The van der Waals surface area contributed by atoms with Crippen LogP contribution in [0.5, 0.6) is 0 Å². The van der Waals surface area contributed by atoms with Gasteiger partial charge in [-0.15, -0.1) is 0 Å². The summed E-state index contributed by atoms with van der Waals surface area (Å²) in [6.45, 7) is 0. The van der Waals surface area contributed by atoms with Gasteiger partial charge in [0.2, 0.25) is 0 Å². The Morgan fingerprint density at radius 3 is 2.42 bits per heavy atom. The van der Waals surface area contributed by atoms with Crippen molar-refractivity contribution in [3.63, 3.8) is 0 Å². The lowest BCUT2D eigenvalue weighted by Gasteiger charge is -2.07. The largest absolute Gasteiger partial charge is 0.384 e. The van der Waals surface area contributed by atoms with E-state index in [9.17, 15) is 0 Å². The highest BCUT2D eigenvalue weighted by Gasteiger charge is 2.07. The second-order valence-electron chi connectivity index (χ2n) is 3.74. The van der Waals surface area contributed by atoms with Crippen molar-refractivity contribution in [3.05, 3.63) is 56.5 Å². The number of nitrogens with one attached hydrogen (secondary N) is 1. The molecule has 3 N–H and O–H groups in total. The van der Waals surface area contributed by atoms with Crippen LogP contribution in [0.15, 0.2) is 50.7 Å². The zero-order valence-corrected chi connectivity index (χ0v) is 13.5. The first-order valence-electron chi connectivity index (χ1n) is 5.24. The Bertz CT molecular complexity index is 647. The first-order chi connectivity index (χ1) is 8.97. The quantitative estimate of drug-likeness (QED) is 0.572. The van der Waals surface area contributed by atoms with E-state index in [0.717, 1.165) is 14.3 Å². The van der Waals surface area contributed by atoms with Gasteiger partial charge in [-0.1, -0.05) is 41.0 Å². The van der Waals surface area contributed by atoms with Crippen LogP contribution in [-0.2, 0) is 0 Å². The highest BCUT2D eigenvalue weighted by Crippen LogP contribution is 2.36. The summed E-state index contributed by atoms with van der Waals surface area (Å²) in [6.07, 6.45) is 0. The molecule has 0 heterocycles. The Morgan fingerprint density at radius 1 is 1.11 bits per heavy atom. The van der Waals surface area contributed by atoms with E-state index in [1.165, 1.54) is 0 Å². The molecule has 0 fully saturated rings. The van der Waals surface area contributed by atoms with Crippen molar-refractivity contribution in [2.24, 2.45) is 5.73 Å². The van der Waals surface area contributed by atoms with E-state index in [-0.39, 0.29) is 5.84 Å². The summed E-state index contributed by atoms with van der Waals surface area (Å²) in [7, 11) is 0. The van der Waals surface area contributed by atoms with Crippen LogP contribution in [0.4, 0.5) is 0 Å². The molecule has 0 aromatic heterocycles. The molecule has 6 heteroatoms. The molecule has 2 aromatic rings. The summed E-state index contributed by atoms with van der Waals surface area (Å²) in [5, 5.41) is 8.46. The molecule has 0 radical (unpaired) electrons. The van der Waals surface area contributed by atoms with E-state index >= 15 is 0 Å². The minimum absolute atomic E-state index is 0.0480. The van der Waals surface area contributed by atoms with Crippen LogP contribution in [0.25, 0.3) is 0 Å². The molecule has 19 heavy (non-hydrogen) atoms. The topological polar surface area (TPSA) is 49.9 Å². The third-order valence-electron chi connectivity index (χ3n) is 2.36. The number of benzene rings is 2. The molecule has 0 unspecified atom stereocenters. The summed E-state index contributed by atoms with van der Waals surface area (Å²) in [5.41, 5.74) is 6.13. The average molecular weight is 376 g/mol. The SMILES string of the molecule is N=C(N)c1ccc(Sc2ccc(Cl)c(Cl)c2)c(Br)c1. The van der Waals surface area contributed by atoms with Crippen LogP contribution in [0.3, 0.4) is 0 Å². The molecule has 0 aliphatic carbocycles. The van der Waals surface area contributed by atoms with Crippen molar-refractivity contribution in [1.82, 2.24) is 0 Å². The van der Waals surface area contributed by atoms with Gasteiger partial charge in [0.25, 0.3) is 0 Å². The molecular weight excluding hydrogens is 367 g/mol. The van der Waals surface area contributed by atoms with Crippen LogP contribution in [0, 0.1) is 5.41 Å². The van der Waals surface area contributed by atoms with Crippen molar-refractivity contribution in [2.45, 2.75) is 9.79 Å². The third kappa shape index (κ3) is 3.66. The molecule has 0 amide bonds. The number of hydrogen-bond acceptors (Lipinski definition) is 2. The fourth-order valence-electron chi connectivity index (χ4n) is 1.42. The first kappa shape index (κ1) is 14.7. The normalized spacial score (nSPS) is 10.5.